The number of aromatic nitrogens is 1. The van der Waals surface area contributed by atoms with Crippen LogP contribution in [-0.4, -0.2) is 4.98 Å². The van der Waals surface area contributed by atoms with Gasteiger partial charge in [0.15, 0.2) is 0 Å². The first kappa shape index (κ1) is 13.8. The van der Waals surface area contributed by atoms with Gasteiger partial charge in [0, 0.05) is 6.20 Å². The molecule has 2 heteroatoms. The lowest BCUT2D eigenvalue weighted by molar-refractivity contribution is 0.692. The first-order valence-electron chi connectivity index (χ1n) is 7.30. The van der Waals surface area contributed by atoms with Crippen LogP contribution < -0.4 is 5.73 Å². The van der Waals surface area contributed by atoms with Crippen LogP contribution in [-0.2, 0) is 6.42 Å². The summed E-state index contributed by atoms with van der Waals surface area (Å²) >= 11 is 0. The van der Waals surface area contributed by atoms with Gasteiger partial charge in [-0.3, -0.25) is 4.98 Å². The van der Waals surface area contributed by atoms with Gasteiger partial charge in [0.05, 0.1) is 11.7 Å². The highest BCUT2D eigenvalue weighted by Gasteiger charge is 2.13. The van der Waals surface area contributed by atoms with Crippen molar-refractivity contribution in [3.63, 3.8) is 0 Å². The number of hydrogen-bond donors (Lipinski definition) is 1. The molecule has 1 unspecified atom stereocenters. The van der Waals surface area contributed by atoms with Gasteiger partial charge in [-0.25, -0.2) is 0 Å². The van der Waals surface area contributed by atoms with Crippen molar-refractivity contribution in [3.8, 4) is 0 Å². The molecular weight excluding hydrogens is 256 g/mol. The Kier molecular flexibility index (Phi) is 3.72. The van der Waals surface area contributed by atoms with Crippen molar-refractivity contribution in [3.05, 3.63) is 77.1 Å². The summed E-state index contributed by atoms with van der Waals surface area (Å²) in [6, 6.07) is 16.9. The zero-order valence-electron chi connectivity index (χ0n) is 12.5. The average molecular weight is 276 g/mol. The van der Waals surface area contributed by atoms with E-state index in [4.69, 9.17) is 5.73 Å². The predicted molar refractivity (Wildman–Crippen MR) is 88.3 cm³/mol. The van der Waals surface area contributed by atoms with Crippen LogP contribution in [0.15, 0.2) is 54.7 Å². The Morgan fingerprint density at radius 1 is 1.05 bits per heavy atom. The van der Waals surface area contributed by atoms with Gasteiger partial charge >= 0.3 is 0 Å². The molecule has 0 aliphatic heterocycles. The molecule has 0 saturated heterocycles. The zero-order chi connectivity index (χ0) is 14.8. The quantitative estimate of drug-likeness (QED) is 0.782. The van der Waals surface area contributed by atoms with Gasteiger partial charge in [0.25, 0.3) is 0 Å². The first-order chi connectivity index (χ1) is 10.1. The van der Waals surface area contributed by atoms with E-state index >= 15 is 0 Å². The maximum atomic E-state index is 6.41. The number of pyridine rings is 1. The highest BCUT2D eigenvalue weighted by atomic mass is 14.8. The van der Waals surface area contributed by atoms with E-state index in [9.17, 15) is 0 Å². The summed E-state index contributed by atoms with van der Waals surface area (Å²) in [7, 11) is 0. The summed E-state index contributed by atoms with van der Waals surface area (Å²) in [6.45, 7) is 4.14. The van der Waals surface area contributed by atoms with E-state index in [2.05, 4.69) is 67.4 Å². The molecule has 21 heavy (non-hydrogen) atoms. The molecule has 2 N–H and O–H groups in total. The van der Waals surface area contributed by atoms with Crippen LogP contribution >= 0.6 is 0 Å². The number of hydrogen-bond acceptors (Lipinski definition) is 2. The Bertz CT molecular complexity index is 772. The van der Waals surface area contributed by atoms with Crippen LogP contribution in [0.5, 0.6) is 0 Å². The molecule has 0 saturated carbocycles. The molecule has 106 valence electrons. The van der Waals surface area contributed by atoms with E-state index in [-0.39, 0.29) is 6.04 Å². The van der Waals surface area contributed by atoms with Gasteiger partial charge in [-0.15, -0.1) is 0 Å². The lowest BCUT2D eigenvalue weighted by Gasteiger charge is -2.15. The summed E-state index contributed by atoms with van der Waals surface area (Å²) in [6.07, 6.45) is 2.70. The van der Waals surface area contributed by atoms with E-state index < -0.39 is 0 Å². The molecule has 0 fully saturated rings. The van der Waals surface area contributed by atoms with Crippen molar-refractivity contribution in [2.24, 2.45) is 5.73 Å². The van der Waals surface area contributed by atoms with E-state index in [0.29, 0.717) is 0 Å². The normalized spacial score (nSPS) is 12.5. The molecule has 1 heterocycles. The van der Waals surface area contributed by atoms with Crippen LogP contribution in [0.3, 0.4) is 0 Å². The molecule has 0 aliphatic rings. The highest BCUT2D eigenvalue weighted by Crippen LogP contribution is 2.24. The molecule has 0 bridgehead atoms. The van der Waals surface area contributed by atoms with Crippen molar-refractivity contribution in [1.29, 1.82) is 0 Å². The first-order valence-corrected chi connectivity index (χ1v) is 7.30. The molecule has 1 aromatic heterocycles. The SMILES string of the molecule is Cc1cnc(C(N)Cc2cccc3ccccc23)c(C)c1. The van der Waals surface area contributed by atoms with Gasteiger partial charge < -0.3 is 5.73 Å². The van der Waals surface area contributed by atoms with Crippen LogP contribution in [0, 0.1) is 13.8 Å². The summed E-state index contributed by atoms with van der Waals surface area (Å²) in [4.78, 5) is 4.53. The van der Waals surface area contributed by atoms with Crippen LogP contribution in [0.4, 0.5) is 0 Å². The van der Waals surface area contributed by atoms with Crippen LogP contribution in [0.1, 0.15) is 28.4 Å². The molecule has 0 amide bonds. The largest absolute Gasteiger partial charge is 0.322 e. The molecule has 2 aromatic carbocycles. The summed E-state index contributed by atoms with van der Waals surface area (Å²) in [5, 5.41) is 2.54. The average Bonchev–Trinajstić information content (AvgIpc) is 2.47. The summed E-state index contributed by atoms with van der Waals surface area (Å²) in [5.74, 6) is 0. The third kappa shape index (κ3) is 2.81. The van der Waals surface area contributed by atoms with Crippen LogP contribution in [0.2, 0.25) is 0 Å². The second-order valence-corrected chi connectivity index (χ2v) is 5.66. The molecule has 3 aromatic rings. The smallest absolute Gasteiger partial charge is 0.0603 e. The number of nitrogens with two attached hydrogens (primary N) is 1. The fraction of sp³-hybridized carbons (Fsp3) is 0.211. The summed E-state index contributed by atoms with van der Waals surface area (Å²) in [5.41, 5.74) is 11.0. The Labute approximate surface area is 125 Å². The minimum Gasteiger partial charge on any atom is -0.322 e. The minimum absolute atomic E-state index is 0.0728. The molecule has 0 spiro atoms. The maximum absolute atomic E-state index is 6.41. The molecule has 1 atom stereocenters. The third-order valence-electron chi connectivity index (χ3n) is 3.93. The monoisotopic (exact) mass is 276 g/mol. The molecule has 0 radical (unpaired) electrons. The van der Waals surface area contributed by atoms with Gasteiger partial charge in [-0.05, 0) is 47.7 Å². The molecule has 0 aliphatic carbocycles. The fourth-order valence-corrected chi connectivity index (χ4v) is 2.92. The topological polar surface area (TPSA) is 38.9 Å². The second-order valence-electron chi connectivity index (χ2n) is 5.66. The van der Waals surface area contributed by atoms with E-state index in [1.165, 1.54) is 27.5 Å². The van der Waals surface area contributed by atoms with Gasteiger partial charge in [-0.2, -0.15) is 0 Å². The number of aryl methyl sites for hydroxylation is 2. The second kappa shape index (κ2) is 5.66. The number of nitrogens with zero attached hydrogens (tertiary/aromatic N) is 1. The standard InChI is InChI=1S/C19H20N2/c1-13-10-14(2)19(21-12-13)18(20)11-16-8-5-7-15-6-3-4-9-17(15)16/h3-10,12,18H,11,20H2,1-2H3. The van der Waals surface area contributed by atoms with Gasteiger partial charge in [-0.1, -0.05) is 48.5 Å². The Morgan fingerprint density at radius 3 is 2.62 bits per heavy atom. The van der Waals surface area contributed by atoms with Crippen LogP contribution in [0.25, 0.3) is 10.8 Å². The maximum Gasteiger partial charge on any atom is 0.0603 e. The Morgan fingerprint density at radius 2 is 1.81 bits per heavy atom. The Balaban J connectivity index is 1.94. The van der Waals surface area contributed by atoms with Crippen molar-refractivity contribution in [2.75, 3.05) is 0 Å². The van der Waals surface area contributed by atoms with Crippen molar-refractivity contribution >= 4 is 10.8 Å². The van der Waals surface area contributed by atoms with Crippen molar-refractivity contribution in [1.82, 2.24) is 4.98 Å². The predicted octanol–water partition coefficient (Wildman–Crippen LogP) is 4.09. The lowest BCUT2D eigenvalue weighted by atomic mass is 9.96. The number of benzene rings is 2. The van der Waals surface area contributed by atoms with Gasteiger partial charge in [0.2, 0.25) is 0 Å². The Hall–Kier alpha value is -2.19. The van der Waals surface area contributed by atoms with E-state index in [0.717, 1.165) is 12.1 Å². The highest BCUT2D eigenvalue weighted by molar-refractivity contribution is 5.85. The third-order valence-corrected chi connectivity index (χ3v) is 3.93. The van der Waals surface area contributed by atoms with Crippen molar-refractivity contribution < 1.29 is 0 Å². The van der Waals surface area contributed by atoms with Gasteiger partial charge in [0.1, 0.15) is 0 Å². The van der Waals surface area contributed by atoms with E-state index in [1.807, 2.05) is 6.20 Å². The minimum atomic E-state index is -0.0728. The molecule has 3 rings (SSSR count). The molecular formula is C19H20N2. The fourth-order valence-electron chi connectivity index (χ4n) is 2.92. The number of fused-ring (bicyclic) bond motifs is 1. The van der Waals surface area contributed by atoms with E-state index in [1.54, 1.807) is 0 Å². The lowest BCUT2D eigenvalue weighted by Crippen LogP contribution is -2.16. The number of rotatable bonds is 3. The summed E-state index contributed by atoms with van der Waals surface area (Å²) < 4.78 is 0. The molecule has 2 nitrogen and oxygen atoms in total. The zero-order valence-corrected chi connectivity index (χ0v) is 12.5. The van der Waals surface area contributed by atoms with Crippen molar-refractivity contribution in [2.45, 2.75) is 26.3 Å².